The first-order valence-corrected chi connectivity index (χ1v) is 4.05. The van der Waals surface area contributed by atoms with Gasteiger partial charge in [0.2, 0.25) is 0 Å². The molecule has 0 atom stereocenters. The highest BCUT2D eigenvalue weighted by molar-refractivity contribution is 5.18. The lowest BCUT2D eigenvalue weighted by Crippen LogP contribution is -2.27. The summed E-state index contributed by atoms with van der Waals surface area (Å²) in [5.74, 6) is 0. The fraction of sp³-hybridized carbons (Fsp3) is 0.667. The van der Waals surface area contributed by atoms with E-state index in [9.17, 15) is 0 Å². The van der Waals surface area contributed by atoms with Gasteiger partial charge in [-0.05, 0) is 25.8 Å². The standard InChI is InChI=1S/C9H14N2/c1-8(2)11-6-4-9(7-11)3-5-10/h3,8H,4,6-7H2,1-2H3. The van der Waals surface area contributed by atoms with E-state index in [1.54, 1.807) is 6.08 Å². The Kier molecular flexibility index (Phi) is 2.67. The molecule has 0 aromatic heterocycles. The van der Waals surface area contributed by atoms with Gasteiger partial charge in [-0.3, -0.25) is 4.90 Å². The molecule has 60 valence electrons. The summed E-state index contributed by atoms with van der Waals surface area (Å²) in [5.41, 5.74) is 1.28. The van der Waals surface area contributed by atoms with Gasteiger partial charge in [0.05, 0.1) is 6.07 Å². The van der Waals surface area contributed by atoms with Crippen molar-refractivity contribution in [2.45, 2.75) is 26.3 Å². The molecule has 1 fully saturated rings. The SMILES string of the molecule is CC(C)N1CCC(=CC#N)C1. The third-order valence-electron chi connectivity index (χ3n) is 2.13. The van der Waals surface area contributed by atoms with Crippen molar-refractivity contribution in [1.82, 2.24) is 4.90 Å². The number of nitriles is 1. The maximum atomic E-state index is 8.41. The third kappa shape index (κ3) is 2.06. The van der Waals surface area contributed by atoms with Gasteiger partial charge in [-0.25, -0.2) is 0 Å². The second-order valence-corrected chi connectivity index (χ2v) is 3.25. The quantitative estimate of drug-likeness (QED) is 0.530. The lowest BCUT2D eigenvalue weighted by Gasteiger charge is -2.18. The van der Waals surface area contributed by atoms with Crippen molar-refractivity contribution < 1.29 is 0 Å². The van der Waals surface area contributed by atoms with Crippen molar-refractivity contribution in [3.63, 3.8) is 0 Å². The maximum absolute atomic E-state index is 8.41. The molecule has 11 heavy (non-hydrogen) atoms. The van der Waals surface area contributed by atoms with Gasteiger partial charge in [-0.2, -0.15) is 5.26 Å². The fourth-order valence-electron chi connectivity index (χ4n) is 1.36. The molecule has 1 aliphatic rings. The lowest BCUT2D eigenvalue weighted by atomic mass is 10.2. The highest BCUT2D eigenvalue weighted by Crippen LogP contribution is 2.16. The summed E-state index contributed by atoms with van der Waals surface area (Å²) in [6, 6.07) is 2.69. The van der Waals surface area contributed by atoms with E-state index in [1.165, 1.54) is 5.57 Å². The normalized spacial score (nSPS) is 22.9. The van der Waals surface area contributed by atoms with Crippen molar-refractivity contribution in [3.8, 4) is 6.07 Å². The molecule has 0 bridgehead atoms. The number of rotatable bonds is 1. The number of hydrogen-bond acceptors (Lipinski definition) is 2. The summed E-state index contributed by atoms with van der Waals surface area (Å²) in [7, 11) is 0. The molecule has 0 N–H and O–H groups in total. The largest absolute Gasteiger partial charge is 0.297 e. The van der Waals surface area contributed by atoms with Gasteiger partial charge >= 0.3 is 0 Å². The Morgan fingerprint density at radius 2 is 2.36 bits per heavy atom. The zero-order chi connectivity index (χ0) is 8.27. The molecule has 0 saturated carbocycles. The minimum atomic E-state index is 0.611. The van der Waals surface area contributed by atoms with E-state index in [4.69, 9.17) is 5.26 Å². The van der Waals surface area contributed by atoms with Gasteiger partial charge in [0, 0.05) is 25.2 Å². The highest BCUT2D eigenvalue weighted by Gasteiger charge is 2.17. The van der Waals surface area contributed by atoms with Gasteiger partial charge in [0.1, 0.15) is 0 Å². The van der Waals surface area contributed by atoms with Gasteiger partial charge in [0.25, 0.3) is 0 Å². The van der Waals surface area contributed by atoms with Crippen LogP contribution in [0.5, 0.6) is 0 Å². The van der Waals surface area contributed by atoms with Crippen LogP contribution in [0.3, 0.4) is 0 Å². The van der Waals surface area contributed by atoms with Crippen LogP contribution in [0.15, 0.2) is 11.6 Å². The van der Waals surface area contributed by atoms with E-state index in [0.29, 0.717) is 6.04 Å². The minimum absolute atomic E-state index is 0.611. The van der Waals surface area contributed by atoms with E-state index < -0.39 is 0 Å². The lowest BCUT2D eigenvalue weighted by molar-refractivity contribution is 0.281. The third-order valence-corrected chi connectivity index (χ3v) is 2.13. The average molecular weight is 150 g/mol. The van der Waals surface area contributed by atoms with Crippen molar-refractivity contribution in [2.24, 2.45) is 0 Å². The molecule has 0 aliphatic carbocycles. The number of likely N-dealkylation sites (tertiary alicyclic amines) is 1. The summed E-state index contributed by atoms with van der Waals surface area (Å²) in [5, 5.41) is 8.41. The summed E-state index contributed by atoms with van der Waals surface area (Å²) < 4.78 is 0. The molecule has 0 spiro atoms. The van der Waals surface area contributed by atoms with Crippen molar-refractivity contribution >= 4 is 0 Å². The predicted octanol–water partition coefficient (Wildman–Crippen LogP) is 1.55. The van der Waals surface area contributed by atoms with Gasteiger partial charge in [0.15, 0.2) is 0 Å². The molecule has 0 unspecified atom stereocenters. The molecule has 1 rings (SSSR count). The van der Waals surface area contributed by atoms with Gasteiger partial charge in [-0.1, -0.05) is 0 Å². The number of allylic oxidation sites excluding steroid dienone is 1. The van der Waals surface area contributed by atoms with E-state index in [0.717, 1.165) is 19.5 Å². The van der Waals surface area contributed by atoms with Crippen LogP contribution in [-0.2, 0) is 0 Å². The summed E-state index contributed by atoms with van der Waals surface area (Å²) in [6.45, 7) is 6.49. The van der Waals surface area contributed by atoms with Crippen LogP contribution in [-0.4, -0.2) is 24.0 Å². The summed E-state index contributed by atoms with van der Waals surface area (Å²) in [6.07, 6.45) is 2.76. The molecular weight excluding hydrogens is 136 g/mol. The van der Waals surface area contributed by atoms with Gasteiger partial charge < -0.3 is 0 Å². The van der Waals surface area contributed by atoms with Crippen molar-refractivity contribution in [3.05, 3.63) is 11.6 Å². The molecule has 1 heterocycles. The van der Waals surface area contributed by atoms with Crippen LogP contribution in [0.4, 0.5) is 0 Å². The second kappa shape index (κ2) is 3.54. The fourth-order valence-corrected chi connectivity index (χ4v) is 1.36. The van der Waals surface area contributed by atoms with Crippen LogP contribution in [0.25, 0.3) is 0 Å². The van der Waals surface area contributed by atoms with E-state index >= 15 is 0 Å². The van der Waals surface area contributed by atoms with Crippen LogP contribution in [0, 0.1) is 11.3 Å². The Balaban J connectivity index is 2.49. The first-order chi connectivity index (χ1) is 5.24. The van der Waals surface area contributed by atoms with Gasteiger partial charge in [-0.15, -0.1) is 0 Å². The summed E-state index contributed by atoms with van der Waals surface area (Å²) >= 11 is 0. The van der Waals surface area contributed by atoms with E-state index in [-0.39, 0.29) is 0 Å². The minimum Gasteiger partial charge on any atom is -0.297 e. The molecule has 0 aromatic carbocycles. The van der Waals surface area contributed by atoms with Crippen molar-refractivity contribution in [2.75, 3.05) is 13.1 Å². The molecule has 2 heteroatoms. The second-order valence-electron chi connectivity index (χ2n) is 3.25. The summed E-state index contributed by atoms with van der Waals surface area (Å²) in [4.78, 5) is 2.38. The van der Waals surface area contributed by atoms with Crippen LogP contribution in [0.2, 0.25) is 0 Å². The maximum Gasteiger partial charge on any atom is 0.0912 e. The molecule has 0 amide bonds. The zero-order valence-electron chi connectivity index (χ0n) is 7.17. The molecule has 1 saturated heterocycles. The average Bonchev–Trinajstić information content (AvgIpc) is 2.37. The number of nitrogens with zero attached hydrogens (tertiary/aromatic N) is 2. The Labute approximate surface area is 68.1 Å². The Morgan fingerprint density at radius 3 is 2.82 bits per heavy atom. The Morgan fingerprint density at radius 1 is 1.64 bits per heavy atom. The number of hydrogen-bond donors (Lipinski definition) is 0. The zero-order valence-corrected chi connectivity index (χ0v) is 7.17. The molecular formula is C9H14N2. The van der Waals surface area contributed by atoms with Crippen molar-refractivity contribution in [1.29, 1.82) is 5.26 Å². The predicted molar refractivity (Wildman–Crippen MR) is 45.0 cm³/mol. The first-order valence-electron chi connectivity index (χ1n) is 4.05. The Bertz CT molecular complexity index is 198. The smallest absolute Gasteiger partial charge is 0.0912 e. The van der Waals surface area contributed by atoms with E-state index in [1.807, 2.05) is 0 Å². The Hall–Kier alpha value is -0.810. The van der Waals surface area contributed by atoms with Crippen LogP contribution in [0.1, 0.15) is 20.3 Å². The topological polar surface area (TPSA) is 27.0 Å². The molecule has 2 nitrogen and oxygen atoms in total. The molecule has 1 aliphatic heterocycles. The molecule has 0 aromatic rings. The highest BCUT2D eigenvalue weighted by atomic mass is 15.2. The molecule has 0 radical (unpaired) electrons. The van der Waals surface area contributed by atoms with Crippen LogP contribution < -0.4 is 0 Å². The van der Waals surface area contributed by atoms with Crippen LogP contribution >= 0.6 is 0 Å². The monoisotopic (exact) mass is 150 g/mol. The first kappa shape index (κ1) is 8.29. The van der Waals surface area contributed by atoms with E-state index in [2.05, 4.69) is 24.8 Å².